The van der Waals surface area contributed by atoms with E-state index in [0.717, 1.165) is 19.3 Å². The summed E-state index contributed by atoms with van der Waals surface area (Å²) in [6.07, 6.45) is 2.84. The Hall–Kier alpha value is -1.06. The molecular formula is C14H24N2O2. The third-order valence-electron chi connectivity index (χ3n) is 4.29. The molecule has 1 N–H and O–H groups in total. The van der Waals surface area contributed by atoms with E-state index in [1.807, 2.05) is 13.8 Å². The molecule has 0 bridgehead atoms. The molecule has 2 fully saturated rings. The molecule has 18 heavy (non-hydrogen) atoms. The van der Waals surface area contributed by atoms with Crippen LogP contribution < -0.4 is 5.32 Å². The number of carbonyl (C=O) groups excluding carboxylic acids is 2. The quantitative estimate of drug-likeness (QED) is 0.825. The highest BCUT2D eigenvalue weighted by molar-refractivity contribution is 6.00. The van der Waals surface area contributed by atoms with Crippen molar-refractivity contribution in [3.63, 3.8) is 0 Å². The third-order valence-corrected chi connectivity index (χ3v) is 4.29. The van der Waals surface area contributed by atoms with Gasteiger partial charge in [-0.25, -0.2) is 0 Å². The summed E-state index contributed by atoms with van der Waals surface area (Å²) in [5.74, 6) is 0.891. The van der Waals surface area contributed by atoms with Crippen LogP contribution in [-0.4, -0.2) is 34.8 Å². The molecule has 1 saturated heterocycles. The average molecular weight is 252 g/mol. The van der Waals surface area contributed by atoms with Gasteiger partial charge in [0.2, 0.25) is 11.8 Å². The fraction of sp³-hybridized carbons (Fsp3) is 0.857. The fourth-order valence-corrected chi connectivity index (χ4v) is 3.07. The van der Waals surface area contributed by atoms with Gasteiger partial charge in [0.05, 0.1) is 0 Å². The van der Waals surface area contributed by atoms with Crippen LogP contribution in [0.1, 0.15) is 47.0 Å². The topological polar surface area (TPSA) is 49.4 Å². The van der Waals surface area contributed by atoms with Gasteiger partial charge in [0.15, 0.2) is 0 Å². The number of amides is 2. The fourth-order valence-electron chi connectivity index (χ4n) is 3.07. The van der Waals surface area contributed by atoms with E-state index in [1.165, 1.54) is 0 Å². The lowest BCUT2D eigenvalue weighted by Gasteiger charge is -2.46. The molecule has 1 aliphatic heterocycles. The second-order valence-corrected chi connectivity index (χ2v) is 6.16. The van der Waals surface area contributed by atoms with Crippen LogP contribution in [0.15, 0.2) is 0 Å². The summed E-state index contributed by atoms with van der Waals surface area (Å²) in [5.41, 5.74) is -0.612. The highest BCUT2D eigenvalue weighted by Gasteiger charge is 2.56. The molecule has 2 aliphatic rings. The lowest BCUT2D eigenvalue weighted by atomic mass is 9.86. The minimum Gasteiger partial charge on any atom is -0.342 e. The van der Waals surface area contributed by atoms with Gasteiger partial charge in [0, 0.05) is 6.54 Å². The summed E-state index contributed by atoms with van der Waals surface area (Å²) in [5, 5.41) is 2.94. The van der Waals surface area contributed by atoms with Gasteiger partial charge in [-0.05, 0) is 44.9 Å². The number of carbonyl (C=O) groups is 2. The Morgan fingerprint density at radius 2 is 2.00 bits per heavy atom. The number of rotatable bonds is 4. The first kappa shape index (κ1) is 13.4. The third kappa shape index (κ3) is 2.02. The first-order chi connectivity index (χ1) is 8.41. The van der Waals surface area contributed by atoms with Crippen molar-refractivity contribution in [2.24, 2.45) is 11.8 Å². The minimum absolute atomic E-state index is 0.0390. The first-order valence-corrected chi connectivity index (χ1v) is 7.03. The van der Waals surface area contributed by atoms with E-state index >= 15 is 0 Å². The molecule has 0 radical (unpaired) electrons. The maximum absolute atomic E-state index is 12.5. The molecule has 0 aromatic carbocycles. The monoisotopic (exact) mass is 252 g/mol. The van der Waals surface area contributed by atoms with Gasteiger partial charge < -0.3 is 10.2 Å². The van der Waals surface area contributed by atoms with Gasteiger partial charge in [-0.2, -0.15) is 0 Å². The number of hydrogen-bond donors (Lipinski definition) is 1. The lowest BCUT2D eigenvalue weighted by molar-refractivity contribution is -0.158. The van der Waals surface area contributed by atoms with Crippen molar-refractivity contribution in [2.75, 3.05) is 6.54 Å². The highest BCUT2D eigenvalue weighted by Crippen LogP contribution is 2.44. The molecule has 2 amide bonds. The number of likely N-dealkylation sites (N-methyl/N-ethyl adjacent to an activating group) is 1. The molecule has 2 unspecified atom stereocenters. The van der Waals surface area contributed by atoms with Gasteiger partial charge in [0.1, 0.15) is 11.6 Å². The van der Waals surface area contributed by atoms with Crippen LogP contribution in [0.25, 0.3) is 0 Å². The summed E-state index contributed by atoms with van der Waals surface area (Å²) < 4.78 is 0. The Bertz CT molecular complexity index is 363. The maximum atomic E-state index is 12.5. The van der Waals surface area contributed by atoms with Gasteiger partial charge in [-0.1, -0.05) is 13.8 Å². The van der Waals surface area contributed by atoms with Crippen molar-refractivity contribution in [2.45, 2.75) is 58.5 Å². The molecular weight excluding hydrogens is 228 g/mol. The highest BCUT2D eigenvalue weighted by atomic mass is 16.2. The zero-order valence-electron chi connectivity index (χ0n) is 11.8. The van der Waals surface area contributed by atoms with Crippen molar-refractivity contribution in [3.8, 4) is 0 Å². The molecule has 1 heterocycles. The minimum atomic E-state index is -0.612. The Balaban J connectivity index is 2.23. The van der Waals surface area contributed by atoms with Crippen LogP contribution in [0.2, 0.25) is 0 Å². The average Bonchev–Trinajstić information content (AvgIpc) is 3.10. The van der Waals surface area contributed by atoms with E-state index in [-0.39, 0.29) is 17.9 Å². The summed E-state index contributed by atoms with van der Waals surface area (Å²) in [4.78, 5) is 26.7. The molecule has 0 aromatic heterocycles. The van der Waals surface area contributed by atoms with Gasteiger partial charge in [-0.15, -0.1) is 0 Å². The van der Waals surface area contributed by atoms with E-state index in [4.69, 9.17) is 0 Å². The van der Waals surface area contributed by atoms with Crippen molar-refractivity contribution in [1.29, 1.82) is 0 Å². The van der Waals surface area contributed by atoms with Crippen LogP contribution in [0.5, 0.6) is 0 Å². The predicted molar refractivity (Wildman–Crippen MR) is 69.9 cm³/mol. The maximum Gasteiger partial charge on any atom is 0.246 e. The van der Waals surface area contributed by atoms with Crippen LogP contribution in [-0.2, 0) is 9.59 Å². The number of nitrogens with one attached hydrogen (secondary N) is 1. The summed E-state index contributed by atoms with van der Waals surface area (Å²) in [6, 6.07) is -0.329. The van der Waals surface area contributed by atoms with Crippen molar-refractivity contribution in [1.82, 2.24) is 10.2 Å². The van der Waals surface area contributed by atoms with E-state index < -0.39 is 5.54 Å². The summed E-state index contributed by atoms with van der Waals surface area (Å²) >= 11 is 0. The zero-order valence-corrected chi connectivity index (χ0v) is 11.8. The van der Waals surface area contributed by atoms with Crippen LogP contribution >= 0.6 is 0 Å². The molecule has 1 saturated carbocycles. The Morgan fingerprint density at radius 3 is 2.44 bits per heavy atom. The Morgan fingerprint density at radius 1 is 1.39 bits per heavy atom. The molecule has 2 atom stereocenters. The molecule has 0 spiro atoms. The molecule has 2 rings (SSSR count). The van der Waals surface area contributed by atoms with Gasteiger partial charge in [-0.3, -0.25) is 9.59 Å². The Labute approximate surface area is 109 Å². The SMILES string of the molecule is CCN1C(=O)C(CC(C)C)NC(=O)C1(C)C1CC1. The Kier molecular flexibility index (Phi) is 3.39. The van der Waals surface area contributed by atoms with Gasteiger partial charge >= 0.3 is 0 Å². The van der Waals surface area contributed by atoms with E-state index in [0.29, 0.717) is 18.4 Å². The number of hydrogen-bond acceptors (Lipinski definition) is 2. The second-order valence-electron chi connectivity index (χ2n) is 6.16. The predicted octanol–water partition coefficient (Wildman–Crippen LogP) is 1.55. The summed E-state index contributed by atoms with van der Waals surface area (Å²) in [6.45, 7) is 8.65. The van der Waals surface area contributed by atoms with Crippen molar-refractivity contribution < 1.29 is 9.59 Å². The summed E-state index contributed by atoms with van der Waals surface area (Å²) in [7, 11) is 0. The second kappa shape index (κ2) is 4.56. The van der Waals surface area contributed by atoms with E-state index in [9.17, 15) is 9.59 Å². The van der Waals surface area contributed by atoms with Gasteiger partial charge in [0.25, 0.3) is 0 Å². The zero-order chi connectivity index (χ0) is 13.5. The number of piperazine rings is 1. The van der Waals surface area contributed by atoms with Crippen LogP contribution in [0.4, 0.5) is 0 Å². The number of nitrogens with zero attached hydrogens (tertiary/aromatic N) is 1. The standard InChI is InChI=1S/C14H24N2O2/c1-5-16-12(17)11(8-9(2)3)15-13(18)14(16,4)10-6-7-10/h9-11H,5-8H2,1-4H3,(H,15,18). The van der Waals surface area contributed by atoms with Crippen LogP contribution in [0, 0.1) is 11.8 Å². The lowest BCUT2D eigenvalue weighted by Crippen LogP contribution is -2.70. The normalized spacial score (nSPS) is 32.9. The molecule has 102 valence electrons. The van der Waals surface area contributed by atoms with E-state index in [1.54, 1.807) is 4.90 Å². The van der Waals surface area contributed by atoms with Crippen molar-refractivity contribution >= 4 is 11.8 Å². The van der Waals surface area contributed by atoms with Crippen LogP contribution in [0.3, 0.4) is 0 Å². The van der Waals surface area contributed by atoms with E-state index in [2.05, 4.69) is 19.2 Å². The van der Waals surface area contributed by atoms with Crippen molar-refractivity contribution in [3.05, 3.63) is 0 Å². The molecule has 0 aromatic rings. The molecule has 4 heteroatoms. The largest absolute Gasteiger partial charge is 0.342 e. The first-order valence-electron chi connectivity index (χ1n) is 7.03. The molecule has 4 nitrogen and oxygen atoms in total. The smallest absolute Gasteiger partial charge is 0.246 e. The molecule has 1 aliphatic carbocycles.